The minimum Gasteiger partial charge on any atom is -0.497 e. The van der Waals surface area contributed by atoms with Crippen molar-refractivity contribution in [2.75, 3.05) is 14.2 Å². The second kappa shape index (κ2) is 8.63. The van der Waals surface area contributed by atoms with Gasteiger partial charge in [0.1, 0.15) is 23.0 Å². The van der Waals surface area contributed by atoms with Crippen molar-refractivity contribution in [3.8, 4) is 11.5 Å². The zero-order valence-electron chi connectivity index (χ0n) is 22.6. The fourth-order valence-electron chi connectivity index (χ4n) is 6.64. The molecule has 3 atom stereocenters. The van der Waals surface area contributed by atoms with Gasteiger partial charge in [0.15, 0.2) is 17.3 Å². The lowest BCUT2D eigenvalue weighted by molar-refractivity contribution is -0.131. The highest BCUT2D eigenvalue weighted by Gasteiger charge is 2.73. The first-order valence-corrected chi connectivity index (χ1v) is 13.0. The Bertz CT molecular complexity index is 1530. The summed E-state index contributed by atoms with van der Waals surface area (Å²) in [5.74, 6) is -0.561. The maximum Gasteiger partial charge on any atom is 0.180 e. The molecule has 2 aliphatic heterocycles. The Morgan fingerprint density at radius 1 is 0.872 bits per heavy atom. The predicted octanol–water partition coefficient (Wildman–Crippen LogP) is 5.24. The van der Waals surface area contributed by atoms with Crippen molar-refractivity contribution in [1.29, 1.82) is 0 Å². The number of carbonyl (C=O) groups excluding carboxylic acids is 3. The number of carbonyl (C=O) groups is 3. The molecule has 7 heteroatoms. The van der Waals surface area contributed by atoms with Crippen LogP contribution in [-0.2, 0) is 4.79 Å². The van der Waals surface area contributed by atoms with Crippen LogP contribution in [0.25, 0.3) is 0 Å². The van der Waals surface area contributed by atoms with E-state index in [4.69, 9.17) is 14.6 Å². The molecule has 198 valence electrons. The normalized spacial score (nSPS) is 22.5. The summed E-state index contributed by atoms with van der Waals surface area (Å²) in [4.78, 5) is 43.9. The smallest absolute Gasteiger partial charge is 0.180 e. The van der Waals surface area contributed by atoms with Crippen LogP contribution < -0.4 is 9.47 Å². The number of ketones is 3. The number of Topliss-reactive ketones (excluding diaryl/α,β-unsaturated/α-hetero) is 3. The number of rotatable bonds is 4. The Hall–Kier alpha value is -4.26. The molecule has 6 rings (SSSR count). The van der Waals surface area contributed by atoms with E-state index in [1.165, 1.54) is 7.11 Å². The van der Waals surface area contributed by atoms with E-state index < -0.39 is 28.8 Å². The lowest BCUT2D eigenvalue weighted by atomic mass is 9.62. The van der Waals surface area contributed by atoms with Crippen molar-refractivity contribution in [3.63, 3.8) is 0 Å². The third-order valence-electron chi connectivity index (χ3n) is 8.36. The van der Waals surface area contributed by atoms with Crippen molar-refractivity contribution in [2.24, 2.45) is 15.9 Å². The van der Waals surface area contributed by atoms with Crippen LogP contribution in [0.4, 0.5) is 0 Å². The van der Waals surface area contributed by atoms with Gasteiger partial charge in [-0.1, -0.05) is 75.4 Å². The first-order chi connectivity index (χ1) is 18.7. The van der Waals surface area contributed by atoms with Crippen LogP contribution in [-0.4, -0.2) is 48.8 Å². The molecule has 1 fully saturated rings. The molecule has 0 N–H and O–H groups in total. The standard InChI is InChI=1S/C32H30N2O5/c1-31(2,3)30(37)26-25(23-15-14-19(38-4)16-24(23)39-5)32(28(35)21-12-8-9-13-22(21)29(32)36)27-20-11-7-6-10-18(20)17-33-34(26)27/h6-17,25-27H,1-5H3/t25-,26+,27+/m0/s1. The number of methoxy groups -OCH3 is 2. The highest BCUT2D eigenvalue weighted by atomic mass is 16.5. The summed E-state index contributed by atoms with van der Waals surface area (Å²) in [6.45, 7) is 5.56. The van der Waals surface area contributed by atoms with Crippen LogP contribution in [0.2, 0.25) is 0 Å². The third-order valence-corrected chi connectivity index (χ3v) is 8.36. The second-order valence-electron chi connectivity index (χ2n) is 11.4. The fraction of sp³-hybridized carbons (Fsp3) is 0.312. The highest BCUT2D eigenvalue weighted by molar-refractivity contribution is 6.31. The van der Waals surface area contributed by atoms with Crippen LogP contribution in [0.1, 0.15) is 70.1 Å². The van der Waals surface area contributed by atoms with Gasteiger partial charge in [-0.3, -0.25) is 19.4 Å². The number of fused-ring (bicyclic) bond motifs is 5. The first kappa shape index (κ1) is 25.0. The lowest BCUT2D eigenvalue weighted by Crippen LogP contribution is -2.45. The number of ether oxygens (including phenoxy) is 2. The second-order valence-corrected chi connectivity index (χ2v) is 11.4. The van der Waals surface area contributed by atoms with Gasteiger partial charge < -0.3 is 9.47 Å². The molecule has 1 aliphatic carbocycles. The largest absolute Gasteiger partial charge is 0.497 e. The molecule has 1 spiro atoms. The number of hydrogen-bond acceptors (Lipinski definition) is 7. The Morgan fingerprint density at radius 3 is 2.13 bits per heavy atom. The van der Waals surface area contributed by atoms with Gasteiger partial charge in [0.25, 0.3) is 0 Å². The number of nitrogens with zero attached hydrogens (tertiary/aromatic N) is 2. The van der Waals surface area contributed by atoms with Gasteiger partial charge in [-0.2, -0.15) is 5.10 Å². The van der Waals surface area contributed by atoms with E-state index in [1.54, 1.807) is 54.7 Å². The van der Waals surface area contributed by atoms with Gasteiger partial charge >= 0.3 is 0 Å². The Labute approximate surface area is 227 Å². The van der Waals surface area contributed by atoms with E-state index >= 15 is 0 Å². The van der Waals surface area contributed by atoms with Crippen molar-refractivity contribution >= 4 is 23.6 Å². The molecule has 3 aromatic carbocycles. The van der Waals surface area contributed by atoms with E-state index in [2.05, 4.69) is 0 Å². The molecular formula is C32H30N2O5. The molecule has 2 heterocycles. The Balaban J connectivity index is 1.73. The summed E-state index contributed by atoms with van der Waals surface area (Å²) in [7, 11) is 3.10. The van der Waals surface area contributed by atoms with E-state index in [9.17, 15) is 14.4 Å². The topological polar surface area (TPSA) is 85.3 Å². The Morgan fingerprint density at radius 2 is 1.51 bits per heavy atom. The summed E-state index contributed by atoms with van der Waals surface area (Å²) in [5, 5.41) is 6.50. The molecule has 0 unspecified atom stereocenters. The monoisotopic (exact) mass is 522 g/mol. The predicted molar refractivity (Wildman–Crippen MR) is 147 cm³/mol. The maximum atomic E-state index is 14.7. The lowest BCUT2D eigenvalue weighted by Gasteiger charge is -2.36. The van der Waals surface area contributed by atoms with Crippen LogP contribution >= 0.6 is 0 Å². The molecule has 3 aliphatic rings. The minimum atomic E-state index is -1.63. The quantitative estimate of drug-likeness (QED) is 0.436. The molecule has 1 saturated heterocycles. The molecule has 0 amide bonds. The van der Waals surface area contributed by atoms with Crippen molar-refractivity contribution < 1.29 is 23.9 Å². The van der Waals surface area contributed by atoms with Gasteiger partial charge in [-0.15, -0.1) is 0 Å². The van der Waals surface area contributed by atoms with E-state index in [-0.39, 0.29) is 17.3 Å². The summed E-state index contributed by atoms with van der Waals surface area (Å²) in [5.41, 5.74) is 0.542. The van der Waals surface area contributed by atoms with Gasteiger partial charge in [0, 0.05) is 34.1 Å². The van der Waals surface area contributed by atoms with Crippen molar-refractivity contribution in [3.05, 3.63) is 94.5 Å². The van der Waals surface area contributed by atoms with E-state index in [1.807, 2.05) is 51.1 Å². The van der Waals surface area contributed by atoms with Crippen LogP contribution in [0, 0.1) is 10.8 Å². The Kier molecular flexibility index (Phi) is 5.54. The van der Waals surface area contributed by atoms with Gasteiger partial charge in [0.2, 0.25) is 0 Å². The zero-order valence-corrected chi connectivity index (χ0v) is 22.6. The van der Waals surface area contributed by atoms with Crippen LogP contribution in [0.15, 0.2) is 71.8 Å². The van der Waals surface area contributed by atoms with E-state index in [0.717, 1.165) is 11.1 Å². The first-order valence-electron chi connectivity index (χ1n) is 13.0. The van der Waals surface area contributed by atoms with E-state index in [0.29, 0.717) is 28.2 Å². The summed E-state index contributed by atoms with van der Waals surface area (Å²) in [6.07, 6.45) is 1.72. The average Bonchev–Trinajstić information content (AvgIpc) is 3.37. The fourth-order valence-corrected chi connectivity index (χ4v) is 6.64. The zero-order chi connectivity index (χ0) is 27.7. The SMILES string of the molecule is COc1ccc([C@H]2[C@H](C(=O)C(C)(C)C)N3N=Cc4ccccc4[C@@H]3C23C(=O)c2ccccc2C3=O)c(OC)c1. The summed E-state index contributed by atoms with van der Waals surface area (Å²) < 4.78 is 11.3. The highest BCUT2D eigenvalue weighted by Crippen LogP contribution is 2.66. The molecule has 0 bridgehead atoms. The molecule has 3 aromatic rings. The molecule has 0 saturated carbocycles. The van der Waals surface area contributed by atoms with Gasteiger partial charge in [0.05, 0.1) is 26.5 Å². The maximum absolute atomic E-state index is 14.7. The molecule has 0 radical (unpaired) electrons. The minimum absolute atomic E-state index is 0.111. The molecule has 39 heavy (non-hydrogen) atoms. The number of hydrazone groups is 1. The van der Waals surface area contributed by atoms with Gasteiger partial charge in [-0.05, 0) is 17.2 Å². The summed E-state index contributed by atoms with van der Waals surface area (Å²) in [6, 6.07) is 18.2. The number of hydrogen-bond donors (Lipinski definition) is 0. The molecule has 0 aromatic heterocycles. The van der Waals surface area contributed by atoms with Crippen LogP contribution in [0.5, 0.6) is 11.5 Å². The van der Waals surface area contributed by atoms with Gasteiger partial charge in [-0.25, -0.2) is 0 Å². The third kappa shape index (κ3) is 3.28. The average molecular weight is 523 g/mol. The van der Waals surface area contributed by atoms with Crippen LogP contribution in [0.3, 0.4) is 0 Å². The van der Waals surface area contributed by atoms with Crippen molar-refractivity contribution in [2.45, 2.75) is 38.8 Å². The summed E-state index contributed by atoms with van der Waals surface area (Å²) >= 11 is 0. The number of benzene rings is 3. The molecule has 7 nitrogen and oxygen atoms in total. The molecular weight excluding hydrogens is 492 g/mol. The van der Waals surface area contributed by atoms with Crippen molar-refractivity contribution in [1.82, 2.24) is 5.01 Å².